The molecule has 0 unspecified atom stereocenters. The molecule has 1 aliphatic carbocycles. The lowest BCUT2D eigenvalue weighted by atomic mass is 9.68. The maximum atomic E-state index is 6.52. The van der Waals surface area contributed by atoms with Gasteiger partial charge in [-0.25, -0.2) is 0 Å². The summed E-state index contributed by atoms with van der Waals surface area (Å²) in [5.74, 6) is 0. The fraction of sp³-hybridized carbons (Fsp3) is 0.0149. The number of hydrogen-bond donors (Lipinski definition) is 0. The van der Waals surface area contributed by atoms with Crippen molar-refractivity contribution >= 4 is 60.9 Å². The molecule has 0 bridgehead atoms. The second-order valence-electron chi connectivity index (χ2n) is 18.3. The molecule has 328 valence electrons. The number of fused-ring (bicyclic) bond motifs is 9. The van der Waals surface area contributed by atoms with Gasteiger partial charge in [0.2, 0.25) is 0 Å². The zero-order valence-electron chi connectivity index (χ0n) is 38.1. The molecule has 0 saturated heterocycles. The Kier molecular flexibility index (Phi) is 9.11. The van der Waals surface area contributed by atoms with Gasteiger partial charge in [-0.3, -0.25) is 0 Å². The third kappa shape index (κ3) is 6.08. The highest BCUT2D eigenvalue weighted by Crippen LogP contribution is 2.59. The molecule has 0 radical (unpaired) electrons. The first-order valence-corrected chi connectivity index (χ1v) is 24.0. The first-order chi connectivity index (χ1) is 34.7. The zero-order chi connectivity index (χ0) is 46.2. The molecular formula is C67H43NO2. The SMILES string of the molecule is c1ccc(C2(c3ccccc3)c3ccccc3-c3c(N(c4ccc(-c5ccc(-c6cccc7c6oc6ccccc67)cc5)cc4)c4ccc(-c5cccc6c5oc5ccccc56)cc4)cccc32)cc1. The molecule has 13 aromatic rings. The van der Waals surface area contributed by atoms with Crippen molar-refractivity contribution in [1.82, 2.24) is 0 Å². The lowest BCUT2D eigenvalue weighted by molar-refractivity contribution is 0.669. The van der Waals surface area contributed by atoms with Gasteiger partial charge in [-0.05, 0) is 92.5 Å². The Morgan fingerprint density at radius 2 is 0.686 bits per heavy atom. The van der Waals surface area contributed by atoms with Crippen molar-refractivity contribution in [2.75, 3.05) is 4.90 Å². The second-order valence-corrected chi connectivity index (χ2v) is 18.3. The van der Waals surface area contributed by atoms with Gasteiger partial charge in [-0.1, -0.05) is 218 Å². The van der Waals surface area contributed by atoms with Crippen LogP contribution in [-0.4, -0.2) is 0 Å². The van der Waals surface area contributed by atoms with Crippen LogP contribution in [0.2, 0.25) is 0 Å². The summed E-state index contributed by atoms with van der Waals surface area (Å²) in [7, 11) is 0. The smallest absolute Gasteiger partial charge is 0.143 e. The van der Waals surface area contributed by atoms with Crippen molar-refractivity contribution in [2.24, 2.45) is 0 Å². The number of furan rings is 2. The molecule has 0 aliphatic heterocycles. The number of benzene rings is 11. The van der Waals surface area contributed by atoms with E-state index in [1.165, 1.54) is 33.4 Å². The molecule has 0 atom stereocenters. The van der Waals surface area contributed by atoms with E-state index < -0.39 is 5.41 Å². The third-order valence-corrected chi connectivity index (χ3v) is 14.6. The van der Waals surface area contributed by atoms with Crippen LogP contribution < -0.4 is 4.90 Å². The van der Waals surface area contributed by atoms with E-state index >= 15 is 0 Å². The first kappa shape index (κ1) is 39.9. The molecular weight excluding hydrogens is 851 g/mol. The standard InChI is InChI=1S/C67H43NO2/c1-3-16-48(17-4-1)67(49-18-5-2-6-19-49)59-27-10-7-22-58(59)64-60(67)28-15-29-61(64)68(51-42-38-47(39-43-51)53-24-14-26-57-55-21-9-12-31-63(55)70-66(53)57)50-40-36-45(37-41-50)44-32-34-46(35-33-44)52-23-13-25-56-54-20-8-11-30-62(54)69-65(52)56/h1-43H. The Balaban J connectivity index is 0.912. The van der Waals surface area contributed by atoms with Crippen molar-refractivity contribution in [3.8, 4) is 44.5 Å². The van der Waals surface area contributed by atoms with Gasteiger partial charge in [0.05, 0.1) is 11.1 Å². The summed E-state index contributed by atoms with van der Waals surface area (Å²) in [5, 5.41) is 4.52. The van der Waals surface area contributed by atoms with Crippen LogP contribution in [0.15, 0.2) is 270 Å². The maximum absolute atomic E-state index is 6.52. The summed E-state index contributed by atoms with van der Waals surface area (Å²) in [6.07, 6.45) is 0. The van der Waals surface area contributed by atoms with Crippen LogP contribution in [0.3, 0.4) is 0 Å². The van der Waals surface area contributed by atoms with Crippen LogP contribution in [0.4, 0.5) is 17.1 Å². The van der Waals surface area contributed by atoms with E-state index in [4.69, 9.17) is 8.83 Å². The summed E-state index contributed by atoms with van der Waals surface area (Å²) < 4.78 is 12.9. The van der Waals surface area contributed by atoms with E-state index in [2.05, 4.69) is 241 Å². The molecule has 1 aliphatic rings. The van der Waals surface area contributed by atoms with Gasteiger partial charge in [-0.15, -0.1) is 0 Å². The number of para-hydroxylation sites is 4. The highest BCUT2D eigenvalue weighted by molar-refractivity contribution is 6.11. The van der Waals surface area contributed by atoms with E-state index in [0.717, 1.165) is 94.3 Å². The van der Waals surface area contributed by atoms with Gasteiger partial charge < -0.3 is 13.7 Å². The monoisotopic (exact) mass is 893 g/mol. The first-order valence-electron chi connectivity index (χ1n) is 24.0. The van der Waals surface area contributed by atoms with Crippen molar-refractivity contribution < 1.29 is 8.83 Å². The van der Waals surface area contributed by atoms with E-state index in [0.29, 0.717) is 0 Å². The van der Waals surface area contributed by atoms with Gasteiger partial charge in [0.25, 0.3) is 0 Å². The normalized spacial score (nSPS) is 12.7. The van der Waals surface area contributed by atoms with Crippen LogP contribution in [0.5, 0.6) is 0 Å². The minimum Gasteiger partial charge on any atom is -0.455 e. The Hall–Kier alpha value is -9.18. The van der Waals surface area contributed by atoms with Gasteiger partial charge in [0.1, 0.15) is 22.3 Å². The molecule has 3 heteroatoms. The molecule has 2 aromatic heterocycles. The molecule has 0 N–H and O–H groups in total. The topological polar surface area (TPSA) is 29.5 Å². The maximum Gasteiger partial charge on any atom is 0.143 e. The summed E-state index contributed by atoms with van der Waals surface area (Å²) in [6, 6.07) is 94.2. The highest BCUT2D eigenvalue weighted by atomic mass is 16.3. The van der Waals surface area contributed by atoms with Crippen LogP contribution in [0.25, 0.3) is 88.4 Å². The average molecular weight is 894 g/mol. The van der Waals surface area contributed by atoms with Crippen LogP contribution in [-0.2, 0) is 5.41 Å². The Labute approximate surface area is 405 Å². The molecule has 0 spiro atoms. The van der Waals surface area contributed by atoms with Crippen molar-refractivity contribution in [3.63, 3.8) is 0 Å². The number of nitrogens with zero attached hydrogens (tertiary/aromatic N) is 1. The quantitative estimate of drug-likeness (QED) is 0.152. The van der Waals surface area contributed by atoms with Crippen LogP contribution in [0.1, 0.15) is 22.3 Å². The fourth-order valence-corrected chi connectivity index (χ4v) is 11.5. The molecule has 0 fully saturated rings. The van der Waals surface area contributed by atoms with Crippen molar-refractivity contribution in [2.45, 2.75) is 5.41 Å². The number of rotatable bonds is 8. The van der Waals surface area contributed by atoms with Gasteiger partial charge >= 0.3 is 0 Å². The summed E-state index contributed by atoms with van der Waals surface area (Å²) in [6.45, 7) is 0. The van der Waals surface area contributed by atoms with Crippen LogP contribution in [0, 0.1) is 0 Å². The molecule has 11 aromatic carbocycles. The van der Waals surface area contributed by atoms with Crippen molar-refractivity contribution in [1.29, 1.82) is 0 Å². The average Bonchev–Trinajstić information content (AvgIpc) is 4.11. The zero-order valence-corrected chi connectivity index (χ0v) is 38.1. The summed E-state index contributed by atoms with van der Waals surface area (Å²) in [5.41, 5.74) is 20.5. The largest absolute Gasteiger partial charge is 0.455 e. The van der Waals surface area contributed by atoms with E-state index in [1.54, 1.807) is 0 Å². The van der Waals surface area contributed by atoms with E-state index in [-0.39, 0.29) is 0 Å². The molecule has 2 heterocycles. The summed E-state index contributed by atoms with van der Waals surface area (Å²) >= 11 is 0. The molecule has 0 saturated carbocycles. The van der Waals surface area contributed by atoms with Gasteiger partial charge in [0.15, 0.2) is 0 Å². The second kappa shape index (κ2) is 16.0. The molecule has 0 amide bonds. The fourth-order valence-electron chi connectivity index (χ4n) is 11.5. The summed E-state index contributed by atoms with van der Waals surface area (Å²) in [4.78, 5) is 2.44. The highest BCUT2D eigenvalue weighted by Gasteiger charge is 2.47. The predicted octanol–water partition coefficient (Wildman–Crippen LogP) is 18.3. The van der Waals surface area contributed by atoms with Gasteiger partial charge in [-0.2, -0.15) is 0 Å². The number of anilines is 3. The molecule has 14 rings (SSSR count). The van der Waals surface area contributed by atoms with E-state index in [1.807, 2.05) is 24.3 Å². The lowest BCUT2D eigenvalue weighted by Gasteiger charge is -2.34. The number of hydrogen-bond acceptors (Lipinski definition) is 3. The predicted molar refractivity (Wildman–Crippen MR) is 289 cm³/mol. The third-order valence-electron chi connectivity index (χ3n) is 14.6. The van der Waals surface area contributed by atoms with Crippen LogP contribution >= 0.6 is 0 Å². The Morgan fingerprint density at radius 3 is 1.24 bits per heavy atom. The van der Waals surface area contributed by atoms with Gasteiger partial charge in [0, 0.05) is 49.6 Å². The lowest BCUT2D eigenvalue weighted by Crippen LogP contribution is -2.28. The minimum atomic E-state index is -0.531. The van der Waals surface area contributed by atoms with Crippen molar-refractivity contribution in [3.05, 3.63) is 283 Å². The molecule has 70 heavy (non-hydrogen) atoms. The molecule has 3 nitrogen and oxygen atoms in total. The Bertz CT molecular complexity index is 4050. The minimum absolute atomic E-state index is 0.531. The Morgan fingerprint density at radius 1 is 0.286 bits per heavy atom. The van der Waals surface area contributed by atoms with E-state index in [9.17, 15) is 0 Å².